The number of hydrogen-bond acceptors (Lipinski definition) is 2. The minimum absolute atomic E-state index is 0.554. The molecule has 0 radical (unpaired) electrons. The van der Waals surface area contributed by atoms with E-state index in [0.29, 0.717) is 16.6 Å². The molecule has 0 atom stereocenters. The standard InChI is InChI=1S/C15H15Cl2NO/c1-10-6-7-15(19-2)14(8-10)18-9-11-12(16)4-3-5-13(11)17/h3-8,18H,9H2,1-2H3. The predicted molar refractivity (Wildman–Crippen MR) is 81.5 cm³/mol. The highest BCUT2D eigenvalue weighted by molar-refractivity contribution is 6.36. The Morgan fingerprint density at radius 3 is 2.42 bits per heavy atom. The molecule has 1 N–H and O–H groups in total. The van der Waals surface area contributed by atoms with Crippen LogP contribution in [0.3, 0.4) is 0 Å². The normalized spacial score (nSPS) is 10.3. The Morgan fingerprint density at radius 2 is 1.79 bits per heavy atom. The van der Waals surface area contributed by atoms with Crippen LogP contribution in [0.15, 0.2) is 36.4 Å². The summed E-state index contributed by atoms with van der Waals surface area (Å²) in [5.41, 5.74) is 2.97. The van der Waals surface area contributed by atoms with Crippen molar-refractivity contribution in [2.24, 2.45) is 0 Å². The molecule has 0 unspecified atom stereocenters. The quantitative estimate of drug-likeness (QED) is 0.864. The molecular weight excluding hydrogens is 281 g/mol. The van der Waals surface area contributed by atoms with Crippen LogP contribution in [-0.4, -0.2) is 7.11 Å². The molecule has 100 valence electrons. The van der Waals surface area contributed by atoms with Crippen LogP contribution in [0.5, 0.6) is 5.75 Å². The molecule has 0 saturated carbocycles. The molecule has 0 spiro atoms. The average molecular weight is 296 g/mol. The number of nitrogens with one attached hydrogen (secondary N) is 1. The first kappa shape index (κ1) is 14.0. The van der Waals surface area contributed by atoms with E-state index in [1.807, 2.05) is 43.3 Å². The summed E-state index contributed by atoms with van der Waals surface area (Å²) in [6.45, 7) is 2.59. The fourth-order valence-electron chi connectivity index (χ4n) is 1.84. The van der Waals surface area contributed by atoms with E-state index in [4.69, 9.17) is 27.9 Å². The second kappa shape index (κ2) is 6.18. The van der Waals surface area contributed by atoms with Crippen molar-refractivity contribution in [3.8, 4) is 5.75 Å². The number of hydrogen-bond donors (Lipinski definition) is 1. The minimum atomic E-state index is 0.554. The molecule has 0 amide bonds. The second-order valence-corrected chi connectivity index (χ2v) is 5.07. The summed E-state index contributed by atoms with van der Waals surface area (Å²) in [5.74, 6) is 0.800. The van der Waals surface area contributed by atoms with Crippen molar-refractivity contribution in [2.75, 3.05) is 12.4 Å². The third kappa shape index (κ3) is 3.34. The molecule has 0 saturated heterocycles. The van der Waals surface area contributed by atoms with Crippen molar-refractivity contribution < 1.29 is 4.74 Å². The monoisotopic (exact) mass is 295 g/mol. The number of methoxy groups -OCH3 is 1. The Morgan fingerprint density at radius 1 is 1.11 bits per heavy atom. The average Bonchev–Trinajstić information content (AvgIpc) is 2.38. The van der Waals surface area contributed by atoms with Crippen molar-refractivity contribution in [2.45, 2.75) is 13.5 Å². The van der Waals surface area contributed by atoms with Gasteiger partial charge in [0.2, 0.25) is 0 Å². The summed E-state index contributed by atoms with van der Waals surface area (Å²) in [6.07, 6.45) is 0. The molecule has 2 aromatic rings. The van der Waals surface area contributed by atoms with Crippen LogP contribution in [0.4, 0.5) is 5.69 Å². The summed E-state index contributed by atoms with van der Waals surface area (Å²) in [7, 11) is 1.65. The van der Waals surface area contributed by atoms with Crippen LogP contribution in [-0.2, 0) is 6.54 Å². The van der Waals surface area contributed by atoms with Gasteiger partial charge in [-0.1, -0.05) is 35.3 Å². The third-order valence-electron chi connectivity index (χ3n) is 2.87. The van der Waals surface area contributed by atoms with Crippen LogP contribution in [0.25, 0.3) is 0 Å². The van der Waals surface area contributed by atoms with Gasteiger partial charge in [-0.15, -0.1) is 0 Å². The lowest BCUT2D eigenvalue weighted by molar-refractivity contribution is 0.416. The van der Waals surface area contributed by atoms with Gasteiger partial charge in [-0.25, -0.2) is 0 Å². The molecule has 4 heteroatoms. The predicted octanol–water partition coefficient (Wildman–Crippen LogP) is 4.92. The molecule has 0 aliphatic heterocycles. The number of ether oxygens (including phenoxy) is 1. The van der Waals surface area contributed by atoms with E-state index >= 15 is 0 Å². The number of anilines is 1. The summed E-state index contributed by atoms with van der Waals surface area (Å²) < 4.78 is 5.32. The maximum absolute atomic E-state index is 6.14. The van der Waals surface area contributed by atoms with Crippen LogP contribution >= 0.6 is 23.2 Å². The van der Waals surface area contributed by atoms with Gasteiger partial charge in [-0.05, 0) is 36.8 Å². The topological polar surface area (TPSA) is 21.3 Å². The number of halogens is 2. The summed E-state index contributed by atoms with van der Waals surface area (Å²) in [4.78, 5) is 0. The van der Waals surface area contributed by atoms with E-state index in [-0.39, 0.29) is 0 Å². The second-order valence-electron chi connectivity index (χ2n) is 4.26. The Hall–Kier alpha value is -1.38. The highest BCUT2D eigenvalue weighted by Crippen LogP contribution is 2.29. The molecule has 0 aromatic heterocycles. The third-order valence-corrected chi connectivity index (χ3v) is 3.58. The number of aryl methyl sites for hydroxylation is 1. The Balaban J connectivity index is 2.21. The minimum Gasteiger partial charge on any atom is -0.495 e. The van der Waals surface area contributed by atoms with Crippen molar-refractivity contribution in [3.05, 3.63) is 57.6 Å². The lowest BCUT2D eigenvalue weighted by Gasteiger charge is -2.13. The van der Waals surface area contributed by atoms with Gasteiger partial charge in [0.15, 0.2) is 0 Å². The lowest BCUT2D eigenvalue weighted by atomic mass is 10.2. The van der Waals surface area contributed by atoms with E-state index in [0.717, 1.165) is 22.6 Å². The molecule has 0 fully saturated rings. The van der Waals surface area contributed by atoms with E-state index in [1.165, 1.54) is 0 Å². The van der Waals surface area contributed by atoms with E-state index in [2.05, 4.69) is 5.32 Å². The van der Waals surface area contributed by atoms with Crippen LogP contribution in [0.2, 0.25) is 10.0 Å². The molecule has 0 bridgehead atoms. The highest BCUT2D eigenvalue weighted by Gasteiger charge is 2.07. The first-order valence-corrected chi connectivity index (χ1v) is 6.69. The number of benzene rings is 2. The van der Waals surface area contributed by atoms with Gasteiger partial charge in [0, 0.05) is 22.2 Å². The molecule has 19 heavy (non-hydrogen) atoms. The highest BCUT2D eigenvalue weighted by atomic mass is 35.5. The van der Waals surface area contributed by atoms with Gasteiger partial charge < -0.3 is 10.1 Å². The smallest absolute Gasteiger partial charge is 0.141 e. The summed E-state index contributed by atoms with van der Waals surface area (Å²) >= 11 is 12.3. The Labute approximate surface area is 123 Å². The largest absolute Gasteiger partial charge is 0.495 e. The fraction of sp³-hybridized carbons (Fsp3) is 0.200. The Kier molecular flexibility index (Phi) is 4.56. The van der Waals surface area contributed by atoms with Gasteiger partial charge in [0.25, 0.3) is 0 Å². The maximum Gasteiger partial charge on any atom is 0.141 e. The molecular formula is C15H15Cl2NO. The van der Waals surface area contributed by atoms with Gasteiger partial charge in [0.1, 0.15) is 5.75 Å². The van der Waals surface area contributed by atoms with Gasteiger partial charge in [-0.3, -0.25) is 0 Å². The fourth-order valence-corrected chi connectivity index (χ4v) is 2.38. The molecule has 0 aliphatic carbocycles. The van der Waals surface area contributed by atoms with Crippen molar-refractivity contribution >= 4 is 28.9 Å². The van der Waals surface area contributed by atoms with Crippen LogP contribution in [0.1, 0.15) is 11.1 Å². The molecule has 2 nitrogen and oxygen atoms in total. The van der Waals surface area contributed by atoms with E-state index in [9.17, 15) is 0 Å². The van der Waals surface area contributed by atoms with Gasteiger partial charge in [0.05, 0.1) is 12.8 Å². The number of rotatable bonds is 4. The van der Waals surface area contributed by atoms with Crippen LogP contribution < -0.4 is 10.1 Å². The molecule has 2 aromatic carbocycles. The van der Waals surface area contributed by atoms with E-state index < -0.39 is 0 Å². The van der Waals surface area contributed by atoms with Crippen LogP contribution in [0, 0.1) is 6.92 Å². The molecule has 2 rings (SSSR count). The van der Waals surface area contributed by atoms with E-state index in [1.54, 1.807) is 7.11 Å². The lowest BCUT2D eigenvalue weighted by Crippen LogP contribution is -2.03. The zero-order chi connectivity index (χ0) is 13.8. The zero-order valence-corrected chi connectivity index (χ0v) is 12.3. The Bertz CT molecular complexity index is 564. The first-order chi connectivity index (χ1) is 9.11. The SMILES string of the molecule is COc1ccc(C)cc1NCc1c(Cl)cccc1Cl. The summed E-state index contributed by atoms with van der Waals surface area (Å²) in [5, 5.41) is 4.63. The zero-order valence-electron chi connectivity index (χ0n) is 10.8. The first-order valence-electron chi connectivity index (χ1n) is 5.93. The van der Waals surface area contributed by atoms with Gasteiger partial charge in [-0.2, -0.15) is 0 Å². The molecule has 0 aliphatic rings. The van der Waals surface area contributed by atoms with Crippen molar-refractivity contribution in [3.63, 3.8) is 0 Å². The van der Waals surface area contributed by atoms with Crippen molar-refractivity contribution in [1.82, 2.24) is 0 Å². The maximum atomic E-state index is 6.14. The van der Waals surface area contributed by atoms with Crippen molar-refractivity contribution in [1.29, 1.82) is 0 Å². The summed E-state index contributed by atoms with van der Waals surface area (Å²) in [6, 6.07) is 11.5. The molecule has 0 heterocycles. The van der Waals surface area contributed by atoms with Gasteiger partial charge >= 0.3 is 0 Å².